The molecule has 0 amide bonds. The number of carbonyl (C=O) groups excluding carboxylic acids is 1. The van der Waals surface area contributed by atoms with Crippen molar-refractivity contribution in [2.75, 3.05) is 13.7 Å². The van der Waals surface area contributed by atoms with Crippen molar-refractivity contribution in [1.82, 2.24) is 0 Å². The summed E-state index contributed by atoms with van der Waals surface area (Å²) in [5, 5.41) is 0. The fourth-order valence-electron chi connectivity index (χ4n) is 3.03. The number of halogens is 1. The van der Waals surface area contributed by atoms with Gasteiger partial charge in [-0.2, -0.15) is 0 Å². The van der Waals surface area contributed by atoms with Crippen LogP contribution in [0.2, 0.25) is 0 Å². The van der Waals surface area contributed by atoms with Crippen molar-refractivity contribution in [2.24, 2.45) is 0 Å². The zero-order chi connectivity index (χ0) is 18.0. The quantitative estimate of drug-likeness (QED) is 0.687. The first kappa shape index (κ1) is 17.5. The summed E-state index contributed by atoms with van der Waals surface area (Å²) in [7, 11) is 1.63. The lowest BCUT2D eigenvalue weighted by atomic mass is 9.82. The van der Waals surface area contributed by atoms with Gasteiger partial charge in [-0.05, 0) is 49.7 Å². The largest absolute Gasteiger partial charge is 0.497 e. The van der Waals surface area contributed by atoms with Crippen molar-refractivity contribution in [2.45, 2.75) is 19.8 Å². The molecule has 3 rings (SSSR count). The average molecular weight is 403 g/mol. The fraction of sp³-hybridized carbons (Fsp3) is 0.250. The van der Waals surface area contributed by atoms with Crippen LogP contribution < -0.4 is 9.47 Å². The molecule has 0 N–H and O–H groups in total. The SMILES string of the molecule is CCOC(=O)C1=C(C)Oc2ccc(Br)cc2[C@H]1c1ccc(OC)cc1. The Bertz CT molecular complexity index is 824. The van der Waals surface area contributed by atoms with E-state index in [4.69, 9.17) is 14.2 Å². The molecule has 1 aliphatic heterocycles. The number of hydrogen-bond acceptors (Lipinski definition) is 4. The van der Waals surface area contributed by atoms with Gasteiger partial charge in [0.05, 0.1) is 19.3 Å². The van der Waals surface area contributed by atoms with Crippen LogP contribution in [0.25, 0.3) is 0 Å². The standard InChI is InChI=1S/C20H19BrO4/c1-4-24-20(22)18-12(2)25-17-10-7-14(21)11-16(17)19(18)13-5-8-15(23-3)9-6-13/h5-11,19H,4H2,1-3H3/t19-/m1/s1. The van der Waals surface area contributed by atoms with Gasteiger partial charge in [0.1, 0.15) is 17.3 Å². The topological polar surface area (TPSA) is 44.8 Å². The molecule has 0 aliphatic carbocycles. The van der Waals surface area contributed by atoms with Gasteiger partial charge < -0.3 is 14.2 Å². The highest BCUT2D eigenvalue weighted by Gasteiger charge is 2.34. The molecular weight excluding hydrogens is 384 g/mol. The number of methoxy groups -OCH3 is 1. The summed E-state index contributed by atoms with van der Waals surface area (Å²) in [4.78, 5) is 12.6. The zero-order valence-corrected chi connectivity index (χ0v) is 15.9. The zero-order valence-electron chi connectivity index (χ0n) is 14.3. The van der Waals surface area contributed by atoms with Gasteiger partial charge in [-0.25, -0.2) is 4.79 Å². The van der Waals surface area contributed by atoms with Crippen LogP contribution in [0.15, 0.2) is 58.3 Å². The second-order valence-corrected chi connectivity index (χ2v) is 6.60. The van der Waals surface area contributed by atoms with Gasteiger partial charge in [0, 0.05) is 16.0 Å². The molecular formula is C20H19BrO4. The predicted molar refractivity (Wildman–Crippen MR) is 98.9 cm³/mol. The van der Waals surface area contributed by atoms with Gasteiger partial charge in [-0.1, -0.05) is 28.1 Å². The van der Waals surface area contributed by atoms with Crippen LogP contribution in [0.1, 0.15) is 30.9 Å². The Balaban J connectivity index is 2.16. The highest BCUT2D eigenvalue weighted by Crippen LogP contribution is 2.44. The van der Waals surface area contributed by atoms with Gasteiger partial charge in [0.25, 0.3) is 0 Å². The number of carbonyl (C=O) groups is 1. The smallest absolute Gasteiger partial charge is 0.338 e. The number of ether oxygens (including phenoxy) is 3. The number of esters is 1. The summed E-state index contributed by atoms with van der Waals surface area (Å²) in [5.74, 6) is 1.46. The van der Waals surface area contributed by atoms with E-state index in [-0.39, 0.29) is 11.9 Å². The second kappa shape index (κ2) is 7.31. The first-order chi connectivity index (χ1) is 12.0. The van der Waals surface area contributed by atoms with E-state index >= 15 is 0 Å². The van der Waals surface area contributed by atoms with Crippen LogP contribution in [0, 0.1) is 0 Å². The highest BCUT2D eigenvalue weighted by atomic mass is 79.9. The molecule has 0 aromatic heterocycles. The Morgan fingerprint density at radius 3 is 2.56 bits per heavy atom. The van der Waals surface area contributed by atoms with E-state index in [9.17, 15) is 4.79 Å². The average Bonchev–Trinajstić information content (AvgIpc) is 2.61. The molecule has 0 saturated heterocycles. The van der Waals surface area contributed by atoms with Crippen molar-refractivity contribution in [3.63, 3.8) is 0 Å². The molecule has 0 bridgehead atoms. The minimum atomic E-state index is -0.355. The molecule has 2 aromatic carbocycles. The first-order valence-electron chi connectivity index (χ1n) is 8.04. The summed E-state index contributed by atoms with van der Waals surface area (Å²) >= 11 is 3.51. The van der Waals surface area contributed by atoms with Crippen LogP contribution in [-0.2, 0) is 9.53 Å². The van der Waals surface area contributed by atoms with E-state index in [0.29, 0.717) is 17.9 Å². The van der Waals surface area contributed by atoms with Crippen molar-refractivity contribution < 1.29 is 19.0 Å². The molecule has 4 nitrogen and oxygen atoms in total. The molecule has 0 unspecified atom stereocenters. The van der Waals surface area contributed by atoms with Crippen LogP contribution in [0.5, 0.6) is 11.5 Å². The fourth-order valence-corrected chi connectivity index (χ4v) is 3.41. The van der Waals surface area contributed by atoms with E-state index in [1.165, 1.54) is 0 Å². The Kier molecular flexibility index (Phi) is 5.13. The molecule has 1 atom stereocenters. The molecule has 0 spiro atoms. The maximum Gasteiger partial charge on any atom is 0.338 e. The predicted octanol–water partition coefficient (Wildman–Crippen LogP) is 4.82. The Hall–Kier alpha value is -2.27. The Morgan fingerprint density at radius 1 is 1.20 bits per heavy atom. The Morgan fingerprint density at radius 2 is 1.92 bits per heavy atom. The maximum atomic E-state index is 12.6. The third-order valence-electron chi connectivity index (χ3n) is 4.16. The summed E-state index contributed by atoms with van der Waals surface area (Å²) in [6, 6.07) is 13.5. The highest BCUT2D eigenvalue weighted by molar-refractivity contribution is 9.10. The minimum absolute atomic E-state index is 0.258. The van der Waals surface area contributed by atoms with Crippen molar-refractivity contribution in [3.05, 3.63) is 69.4 Å². The van der Waals surface area contributed by atoms with E-state index < -0.39 is 0 Å². The van der Waals surface area contributed by atoms with Crippen molar-refractivity contribution in [3.8, 4) is 11.5 Å². The second-order valence-electron chi connectivity index (χ2n) is 5.68. The molecule has 0 radical (unpaired) electrons. The summed E-state index contributed by atoms with van der Waals surface area (Å²) in [6.45, 7) is 3.91. The molecule has 5 heteroatoms. The molecule has 0 fully saturated rings. The number of fused-ring (bicyclic) bond motifs is 1. The van der Waals surface area contributed by atoms with Crippen LogP contribution in [-0.4, -0.2) is 19.7 Å². The molecule has 0 saturated carbocycles. The molecule has 130 valence electrons. The number of hydrogen-bond donors (Lipinski definition) is 0. The van der Waals surface area contributed by atoms with Crippen LogP contribution in [0.4, 0.5) is 0 Å². The van der Waals surface area contributed by atoms with Gasteiger partial charge in [0.15, 0.2) is 0 Å². The van der Waals surface area contributed by atoms with Crippen molar-refractivity contribution in [1.29, 1.82) is 0 Å². The van der Waals surface area contributed by atoms with Crippen molar-refractivity contribution >= 4 is 21.9 Å². The number of rotatable bonds is 4. The lowest BCUT2D eigenvalue weighted by molar-refractivity contribution is -0.139. The first-order valence-corrected chi connectivity index (χ1v) is 8.83. The molecule has 2 aromatic rings. The monoisotopic (exact) mass is 402 g/mol. The lowest BCUT2D eigenvalue weighted by Crippen LogP contribution is -2.23. The van der Waals surface area contributed by atoms with Gasteiger partial charge in [-0.15, -0.1) is 0 Å². The van der Waals surface area contributed by atoms with Gasteiger partial charge >= 0.3 is 5.97 Å². The molecule has 1 aliphatic rings. The third-order valence-corrected chi connectivity index (χ3v) is 4.65. The normalized spacial score (nSPS) is 16.1. The van der Waals surface area contributed by atoms with E-state index in [1.54, 1.807) is 21.0 Å². The third kappa shape index (κ3) is 3.42. The van der Waals surface area contributed by atoms with Crippen LogP contribution >= 0.6 is 15.9 Å². The van der Waals surface area contributed by atoms with E-state index in [2.05, 4.69) is 15.9 Å². The van der Waals surface area contributed by atoms with E-state index in [0.717, 1.165) is 27.1 Å². The number of allylic oxidation sites excluding steroid dienone is 1. The summed E-state index contributed by atoms with van der Waals surface area (Å²) < 4.78 is 17.3. The van der Waals surface area contributed by atoms with Gasteiger partial charge in [-0.3, -0.25) is 0 Å². The maximum absolute atomic E-state index is 12.6. The summed E-state index contributed by atoms with van der Waals surface area (Å²) in [6.07, 6.45) is 0. The Labute approximate surface area is 155 Å². The van der Waals surface area contributed by atoms with Crippen LogP contribution in [0.3, 0.4) is 0 Å². The minimum Gasteiger partial charge on any atom is -0.497 e. The van der Waals surface area contributed by atoms with E-state index in [1.807, 2.05) is 42.5 Å². The molecule has 25 heavy (non-hydrogen) atoms. The van der Waals surface area contributed by atoms with Gasteiger partial charge in [0.2, 0.25) is 0 Å². The number of benzene rings is 2. The lowest BCUT2D eigenvalue weighted by Gasteiger charge is -2.29. The summed E-state index contributed by atoms with van der Waals surface area (Å²) in [5.41, 5.74) is 2.43. The molecule has 1 heterocycles.